The number of nitrogens with one attached hydrogen (secondary N) is 1. The van der Waals surface area contributed by atoms with Crippen LogP contribution in [0.2, 0.25) is 0 Å². The average Bonchev–Trinajstić information content (AvgIpc) is 3.12. The van der Waals surface area contributed by atoms with Gasteiger partial charge in [0.2, 0.25) is 5.89 Å². The first-order chi connectivity index (χ1) is 11.7. The summed E-state index contributed by atoms with van der Waals surface area (Å²) in [7, 11) is 0. The van der Waals surface area contributed by atoms with Gasteiger partial charge >= 0.3 is 10.9 Å². The number of hydrogen-bond donors (Lipinski definition) is 1. The van der Waals surface area contributed by atoms with E-state index < -0.39 is 11.6 Å². The highest BCUT2D eigenvalue weighted by atomic mass is 32.1. The van der Waals surface area contributed by atoms with Crippen molar-refractivity contribution in [3.8, 4) is 0 Å². The Balaban J connectivity index is 1.66. The van der Waals surface area contributed by atoms with E-state index in [1.54, 1.807) is 18.4 Å². The van der Waals surface area contributed by atoms with Gasteiger partial charge in [0, 0.05) is 23.5 Å². The minimum atomic E-state index is -0.931. The Morgan fingerprint density at radius 1 is 1.24 bits per heavy atom. The van der Waals surface area contributed by atoms with Crippen LogP contribution < -0.4 is 10.2 Å². The molecule has 0 radical (unpaired) electrons. The molecule has 0 bridgehead atoms. The van der Waals surface area contributed by atoms with E-state index in [1.165, 1.54) is 11.3 Å². The summed E-state index contributed by atoms with van der Waals surface area (Å²) < 4.78 is 6.83. The zero-order valence-corrected chi connectivity index (χ0v) is 15.3. The molecule has 1 aliphatic rings. The van der Waals surface area contributed by atoms with Gasteiger partial charge in [-0.2, -0.15) is 4.98 Å². The van der Waals surface area contributed by atoms with Crippen LogP contribution in [0.1, 0.15) is 36.1 Å². The fourth-order valence-electron chi connectivity index (χ4n) is 2.61. The summed E-state index contributed by atoms with van der Waals surface area (Å²) in [5.41, 5.74) is -0.00426. The first-order valence-corrected chi connectivity index (χ1v) is 8.63. The molecule has 1 N–H and O–H groups in total. The van der Waals surface area contributed by atoms with Crippen LogP contribution in [0.15, 0.2) is 9.32 Å². The van der Waals surface area contributed by atoms with Gasteiger partial charge in [0.15, 0.2) is 5.82 Å². The van der Waals surface area contributed by atoms with E-state index in [4.69, 9.17) is 4.52 Å². The number of urea groups is 1. The van der Waals surface area contributed by atoms with Gasteiger partial charge in [0.25, 0.3) is 5.91 Å². The number of aromatic nitrogens is 3. The second-order valence-corrected chi connectivity index (χ2v) is 7.63. The van der Waals surface area contributed by atoms with Crippen molar-refractivity contribution < 1.29 is 14.1 Å². The topological polar surface area (TPSA) is 110 Å². The molecule has 3 heterocycles. The van der Waals surface area contributed by atoms with Gasteiger partial charge in [-0.25, -0.2) is 4.79 Å². The summed E-state index contributed by atoms with van der Waals surface area (Å²) in [4.78, 5) is 42.1. The Kier molecular flexibility index (Phi) is 4.23. The summed E-state index contributed by atoms with van der Waals surface area (Å²) in [5, 5.41) is 6.41. The Bertz CT molecular complexity index is 894. The molecule has 134 valence electrons. The normalized spacial score (nSPS) is 16.6. The van der Waals surface area contributed by atoms with Crippen LogP contribution >= 0.6 is 11.3 Å². The van der Waals surface area contributed by atoms with Gasteiger partial charge < -0.3 is 14.4 Å². The van der Waals surface area contributed by atoms with Gasteiger partial charge in [0.05, 0.1) is 6.54 Å². The summed E-state index contributed by atoms with van der Waals surface area (Å²) in [5.74, 6) is 0.276. The molecule has 0 spiro atoms. The maximum Gasteiger partial charge on any atom is 0.325 e. The lowest BCUT2D eigenvalue weighted by atomic mass is 10.1. The Labute approximate surface area is 147 Å². The fourth-order valence-corrected chi connectivity index (χ4v) is 3.47. The molecule has 0 atom stereocenters. The second-order valence-electron chi connectivity index (χ2n) is 6.46. The smallest absolute Gasteiger partial charge is 0.325 e. The standard InChI is InChI=1S/C15H19N5O4S/c1-8-9(2)25-14(23)19(8)6-5-11-16-10(18-24-11)7-20-12(21)15(3,4)17-13(20)22/h5-7H2,1-4H3,(H,17,22). The molecule has 10 heteroatoms. The quantitative estimate of drug-likeness (QED) is 0.791. The van der Waals surface area contributed by atoms with Crippen molar-refractivity contribution in [1.29, 1.82) is 0 Å². The molecule has 1 aliphatic heterocycles. The lowest BCUT2D eigenvalue weighted by Crippen LogP contribution is -2.40. The van der Waals surface area contributed by atoms with Crippen LogP contribution in [0.4, 0.5) is 4.79 Å². The molecule has 25 heavy (non-hydrogen) atoms. The maximum absolute atomic E-state index is 12.2. The molecule has 2 aromatic heterocycles. The van der Waals surface area contributed by atoms with Crippen molar-refractivity contribution in [3.63, 3.8) is 0 Å². The van der Waals surface area contributed by atoms with Crippen molar-refractivity contribution in [3.05, 3.63) is 32.0 Å². The molecule has 9 nitrogen and oxygen atoms in total. The van der Waals surface area contributed by atoms with Gasteiger partial charge in [-0.3, -0.25) is 14.5 Å². The highest BCUT2D eigenvalue weighted by Crippen LogP contribution is 2.18. The van der Waals surface area contributed by atoms with Crippen LogP contribution in [-0.2, 0) is 24.3 Å². The first kappa shape index (κ1) is 17.3. The minimum Gasteiger partial charge on any atom is -0.339 e. The van der Waals surface area contributed by atoms with Gasteiger partial charge in [-0.05, 0) is 27.7 Å². The lowest BCUT2D eigenvalue weighted by molar-refractivity contribution is -0.130. The third kappa shape index (κ3) is 3.21. The van der Waals surface area contributed by atoms with Gasteiger partial charge in [0.1, 0.15) is 5.54 Å². The van der Waals surface area contributed by atoms with Crippen LogP contribution in [0.5, 0.6) is 0 Å². The zero-order valence-electron chi connectivity index (χ0n) is 14.5. The number of imide groups is 1. The first-order valence-electron chi connectivity index (χ1n) is 7.81. The number of carbonyl (C=O) groups is 2. The predicted octanol–water partition coefficient (Wildman–Crippen LogP) is 0.983. The highest BCUT2D eigenvalue weighted by molar-refractivity contribution is 7.09. The average molecular weight is 365 g/mol. The maximum atomic E-state index is 12.2. The summed E-state index contributed by atoms with van der Waals surface area (Å²) in [6, 6.07) is -0.475. The molecule has 1 fully saturated rings. The third-order valence-corrected chi connectivity index (χ3v) is 5.18. The van der Waals surface area contributed by atoms with Crippen molar-refractivity contribution >= 4 is 23.3 Å². The number of rotatable bonds is 5. The van der Waals surface area contributed by atoms with Gasteiger partial charge in [-0.15, -0.1) is 0 Å². The third-order valence-electron chi connectivity index (χ3n) is 4.18. The van der Waals surface area contributed by atoms with Crippen LogP contribution in [-0.4, -0.2) is 37.1 Å². The molecular weight excluding hydrogens is 346 g/mol. The van der Waals surface area contributed by atoms with Crippen molar-refractivity contribution in [2.75, 3.05) is 0 Å². The number of carbonyl (C=O) groups excluding carboxylic acids is 2. The molecular formula is C15H19N5O4S. The Morgan fingerprint density at radius 2 is 1.96 bits per heavy atom. The molecule has 1 saturated heterocycles. The number of hydrogen-bond acceptors (Lipinski definition) is 7. The molecule has 0 unspecified atom stereocenters. The predicted molar refractivity (Wildman–Crippen MR) is 89.2 cm³/mol. The summed E-state index contributed by atoms with van der Waals surface area (Å²) in [6.07, 6.45) is 0.398. The lowest BCUT2D eigenvalue weighted by Gasteiger charge is -2.14. The highest BCUT2D eigenvalue weighted by Gasteiger charge is 2.44. The van der Waals surface area contributed by atoms with Crippen LogP contribution in [0, 0.1) is 13.8 Å². The zero-order chi connectivity index (χ0) is 18.4. The molecule has 3 amide bonds. The summed E-state index contributed by atoms with van der Waals surface area (Å²) in [6.45, 7) is 7.46. The minimum absolute atomic E-state index is 0.0173. The molecule has 3 rings (SSSR count). The monoisotopic (exact) mass is 365 g/mol. The molecule has 0 saturated carbocycles. The van der Waals surface area contributed by atoms with E-state index in [-0.39, 0.29) is 23.1 Å². The molecule has 0 aliphatic carbocycles. The van der Waals surface area contributed by atoms with E-state index in [1.807, 2.05) is 13.8 Å². The number of aryl methyl sites for hydroxylation is 2. The van der Waals surface area contributed by atoms with E-state index in [0.717, 1.165) is 15.5 Å². The van der Waals surface area contributed by atoms with Gasteiger partial charge in [-0.1, -0.05) is 16.5 Å². The van der Waals surface area contributed by atoms with E-state index in [0.29, 0.717) is 18.9 Å². The van der Waals surface area contributed by atoms with E-state index >= 15 is 0 Å². The molecule has 0 aromatic carbocycles. The van der Waals surface area contributed by atoms with Crippen molar-refractivity contribution in [2.24, 2.45) is 0 Å². The molecule has 2 aromatic rings. The number of amides is 3. The van der Waals surface area contributed by atoms with Crippen molar-refractivity contribution in [1.82, 2.24) is 24.9 Å². The van der Waals surface area contributed by atoms with E-state index in [2.05, 4.69) is 15.5 Å². The van der Waals surface area contributed by atoms with Crippen molar-refractivity contribution in [2.45, 2.75) is 52.7 Å². The SMILES string of the molecule is Cc1sc(=O)n(CCc2nc(CN3C(=O)NC(C)(C)C3=O)no2)c1C. The Morgan fingerprint density at radius 3 is 2.52 bits per heavy atom. The van der Waals surface area contributed by atoms with Crippen LogP contribution in [0.3, 0.4) is 0 Å². The second kappa shape index (κ2) is 6.10. The number of thiazole rings is 1. The Hall–Kier alpha value is -2.49. The van der Waals surface area contributed by atoms with Crippen LogP contribution in [0.25, 0.3) is 0 Å². The largest absolute Gasteiger partial charge is 0.339 e. The summed E-state index contributed by atoms with van der Waals surface area (Å²) >= 11 is 1.21. The number of nitrogens with zero attached hydrogens (tertiary/aromatic N) is 4. The fraction of sp³-hybridized carbons (Fsp3) is 0.533. The van der Waals surface area contributed by atoms with E-state index in [9.17, 15) is 14.4 Å².